The Kier molecular flexibility index (Phi) is 8.64. The molecule has 7 nitrogen and oxygen atoms in total. The molecule has 9 heteroatoms. The van der Waals surface area contributed by atoms with E-state index < -0.39 is 22.4 Å². The van der Waals surface area contributed by atoms with Crippen LogP contribution in [0.4, 0.5) is 5.69 Å². The SMILES string of the molecule is CC[C@H](C(=O)NC(C)(C)C)N(Cc1c(Cl)cccc1Cl)C(=O)Cc1ccccc1[N+](=O)[O-]. The first kappa shape index (κ1) is 25.6. The first-order chi connectivity index (χ1) is 14.9. The molecule has 2 rings (SSSR count). The van der Waals surface area contributed by atoms with Gasteiger partial charge in [-0.1, -0.05) is 54.4 Å². The van der Waals surface area contributed by atoms with Gasteiger partial charge in [-0.05, 0) is 39.3 Å². The maximum absolute atomic E-state index is 13.4. The molecule has 172 valence electrons. The van der Waals surface area contributed by atoms with Gasteiger partial charge >= 0.3 is 0 Å². The van der Waals surface area contributed by atoms with Crippen LogP contribution in [0.2, 0.25) is 10.0 Å². The van der Waals surface area contributed by atoms with Crippen LogP contribution in [0.1, 0.15) is 45.2 Å². The van der Waals surface area contributed by atoms with Gasteiger partial charge in [-0.25, -0.2) is 0 Å². The highest BCUT2D eigenvalue weighted by Crippen LogP contribution is 2.28. The van der Waals surface area contributed by atoms with E-state index in [0.29, 0.717) is 22.0 Å². The van der Waals surface area contributed by atoms with E-state index in [1.807, 2.05) is 20.8 Å². The fourth-order valence-corrected chi connectivity index (χ4v) is 3.85. The van der Waals surface area contributed by atoms with Crippen molar-refractivity contribution in [3.8, 4) is 0 Å². The standard InChI is InChI=1S/C23H27Cl2N3O4/c1-5-19(22(30)26-23(2,3)4)27(14-16-17(24)10-8-11-18(16)25)21(29)13-15-9-6-7-12-20(15)28(31)32/h6-12,19H,5,13-14H2,1-4H3,(H,26,30)/t19-/m1/s1. The number of amides is 2. The average Bonchev–Trinajstić information content (AvgIpc) is 2.68. The van der Waals surface area contributed by atoms with Gasteiger partial charge in [0.25, 0.3) is 5.69 Å². The summed E-state index contributed by atoms with van der Waals surface area (Å²) in [4.78, 5) is 38.7. The molecule has 0 fully saturated rings. The number of hydrogen-bond donors (Lipinski definition) is 1. The Morgan fingerprint density at radius 3 is 2.22 bits per heavy atom. The topological polar surface area (TPSA) is 92.6 Å². The van der Waals surface area contributed by atoms with Crippen molar-refractivity contribution in [1.29, 1.82) is 0 Å². The number of benzene rings is 2. The quantitative estimate of drug-likeness (QED) is 0.417. The molecule has 0 spiro atoms. The maximum Gasteiger partial charge on any atom is 0.273 e. The Hall–Kier alpha value is -2.64. The van der Waals surface area contributed by atoms with E-state index in [0.717, 1.165) is 0 Å². The molecule has 0 saturated heterocycles. The van der Waals surface area contributed by atoms with Crippen LogP contribution in [0.3, 0.4) is 0 Å². The molecule has 2 amide bonds. The van der Waals surface area contributed by atoms with E-state index in [1.54, 1.807) is 37.3 Å². The number of carbonyl (C=O) groups excluding carboxylic acids is 2. The molecule has 0 aliphatic heterocycles. The van der Waals surface area contributed by atoms with E-state index in [2.05, 4.69) is 5.32 Å². The van der Waals surface area contributed by atoms with Gasteiger partial charge in [0.15, 0.2) is 0 Å². The fourth-order valence-electron chi connectivity index (χ4n) is 3.33. The number of hydrogen-bond acceptors (Lipinski definition) is 4. The zero-order valence-corrected chi connectivity index (χ0v) is 20.0. The Balaban J connectivity index is 2.46. The molecule has 32 heavy (non-hydrogen) atoms. The van der Waals surface area contributed by atoms with Gasteiger partial charge in [0.05, 0.1) is 11.3 Å². The lowest BCUT2D eigenvalue weighted by Crippen LogP contribution is -2.53. The van der Waals surface area contributed by atoms with Crippen molar-refractivity contribution in [2.45, 2.75) is 58.7 Å². The van der Waals surface area contributed by atoms with E-state index in [4.69, 9.17) is 23.2 Å². The number of para-hydroxylation sites is 1. The number of nitrogens with one attached hydrogen (secondary N) is 1. The summed E-state index contributed by atoms with van der Waals surface area (Å²) in [6.07, 6.45) is 0.102. The van der Waals surface area contributed by atoms with Gasteiger partial charge in [-0.2, -0.15) is 0 Å². The summed E-state index contributed by atoms with van der Waals surface area (Å²) in [5.74, 6) is -0.759. The highest BCUT2D eigenvalue weighted by Gasteiger charge is 2.32. The number of rotatable bonds is 8. The van der Waals surface area contributed by atoms with Crippen molar-refractivity contribution in [3.05, 3.63) is 73.8 Å². The van der Waals surface area contributed by atoms with Gasteiger partial charge in [-0.15, -0.1) is 0 Å². The summed E-state index contributed by atoms with van der Waals surface area (Å²) in [6.45, 7) is 7.34. The van der Waals surface area contributed by atoms with Crippen LogP contribution in [0.5, 0.6) is 0 Å². The van der Waals surface area contributed by atoms with Crippen molar-refractivity contribution in [1.82, 2.24) is 10.2 Å². The number of halogens is 2. The van der Waals surface area contributed by atoms with Crippen molar-refractivity contribution in [3.63, 3.8) is 0 Å². The van der Waals surface area contributed by atoms with Crippen molar-refractivity contribution >= 4 is 40.7 Å². The predicted octanol–water partition coefficient (Wildman–Crippen LogP) is 5.17. The van der Waals surface area contributed by atoms with Crippen LogP contribution < -0.4 is 5.32 Å². The molecule has 0 bridgehead atoms. The minimum absolute atomic E-state index is 0.00591. The summed E-state index contributed by atoms with van der Waals surface area (Å²) >= 11 is 12.7. The maximum atomic E-state index is 13.4. The van der Waals surface area contributed by atoms with Crippen molar-refractivity contribution in [2.75, 3.05) is 0 Å². The second kappa shape index (κ2) is 10.8. The molecular formula is C23H27Cl2N3O4. The smallest absolute Gasteiger partial charge is 0.273 e. The second-order valence-corrected chi connectivity index (χ2v) is 9.26. The van der Waals surface area contributed by atoms with E-state index in [9.17, 15) is 19.7 Å². The first-order valence-corrected chi connectivity index (χ1v) is 11.0. The summed E-state index contributed by atoms with van der Waals surface area (Å²) in [5, 5.41) is 15.0. The Labute approximate surface area is 197 Å². The molecule has 0 radical (unpaired) electrons. The van der Waals surface area contributed by atoms with Crippen LogP contribution in [0.25, 0.3) is 0 Å². The Morgan fingerprint density at radius 2 is 1.69 bits per heavy atom. The number of nitrogens with zero attached hydrogens (tertiary/aromatic N) is 2. The van der Waals surface area contributed by atoms with E-state index in [-0.39, 0.29) is 30.1 Å². The average molecular weight is 480 g/mol. The summed E-state index contributed by atoms with van der Waals surface area (Å²) < 4.78 is 0. The van der Waals surface area contributed by atoms with Crippen molar-refractivity contribution in [2.24, 2.45) is 0 Å². The molecule has 0 heterocycles. The number of nitro benzene ring substituents is 1. The molecule has 0 unspecified atom stereocenters. The molecule has 0 aliphatic carbocycles. The third kappa shape index (κ3) is 6.68. The zero-order valence-electron chi connectivity index (χ0n) is 18.5. The van der Waals surface area contributed by atoms with Gasteiger partial charge in [0, 0.05) is 39.3 Å². The lowest BCUT2D eigenvalue weighted by Gasteiger charge is -2.33. The lowest BCUT2D eigenvalue weighted by atomic mass is 10.0. The van der Waals surface area contributed by atoms with Gasteiger partial charge < -0.3 is 10.2 Å². The fraction of sp³-hybridized carbons (Fsp3) is 0.391. The minimum Gasteiger partial charge on any atom is -0.350 e. The molecule has 0 aliphatic rings. The molecular weight excluding hydrogens is 453 g/mol. The molecule has 0 aromatic heterocycles. The monoisotopic (exact) mass is 479 g/mol. The van der Waals surface area contributed by atoms with Crippen LogP contribution in [0.15, 0.2) is 42.5 Å². The number of nitro groups is 1. The van der Waals surface area contributed by atoms with E-state index >= 15 is 0 Å². The second-order valence-electron chi connectivity index (χ2n) is 8.45. The largest absolute Gasteiger partial charge is 0.350 e. The van der Waals surface area contributed by atoms with Crippen LogP contribution in [-0.2, 0) is 22.6 Å². The molecule has 1 atom stereocenters. The van der Waals surface area contributed by atoms with Gasteiger partial charge in [0.1, 0.15) is 6.04 Å². The lowest BCUT2D eigenvalue weighted by molar-refractivity contribution is -0.385. The summed E-state index contributed by atoms with van der Waals surface area (Å²) in [7, 11) is 0. The first-order valence-electron chi connectivity index (χ1n) is 10.2. The Morgan fingerprint density at radius 1 is 1.09 bits per heavy atom. The number of carbonyl (C=O) groups is 2. The zero-order chi connectivity index (χ0) is 24.1. The summed E-state index contributed by atoms with van der Waals surface area (Å²) in [5.41, 5.74) is 0.126. The van der Waals surface area contributed by atoms with Crippen LogP contribution in [0, 0.1) is 10.1 Å². The van der Waals surface area contributed by atoms with Crippen LogP contribution >= 0.6 is 23.2 Å². The molecule has 2 aromatic carbocycles. The molecule has 0 saturated carbocycles. The minimum atomic E-state index is -0.808. The molecule has 1 N–H and O–H groups in total. The van der Waals surface area contributed by atoms with Gasteiger partial charge in [0.2, 0.25) is 11.8 Å². The Bertz CT molecular complexity index is 985. The highest BCUT2D eigenvalue weighted by atomic mass is 35.5. The third-order valence-corrected chi connectivity index (χ3v) is 5.51. The summed E-state index contributed by atoms with van der Waals surface area (Å²) in [6, 6.07) is 10.3. The predicted molar refractivity (Wildman–Crippen MR) is 126 cm³/mol. The third-order valence-electron chi connectivity index (χ3n) is 4.80. The molecule has 2 aromatic rings. The van der Waals surface area contributed by atoms with Crippen molar-refractivity contribution < 1.29 is 14.5 Å². The van der Waals surface area contributed by atoms with Gasteiger partial charge in [-0.3, -0.25) is 19.7 Å². The van der Waals surface area contributed by atoms with Crippen LogP contribution in [-0.4, -0.2) is 33.2 Å². The highest BCUT2D eigenvalue weighted by molar-refractivity contribution is 6.36. The van der Waals surface area contributed by atoms with E-state index in [1.165, 1.54) is 17.0 Å². The normalized spacial score (nSPS) is 12.2.